The van der Waals surface area contributed by atoms with Crippen LogP contribution in [0.3, 0.4) is 0 Å². The number of benzene rings is 1. The molecule has 0 saturated heterocycles. The van der Waals surface area contributed by atoms with E-state index in [4.69, 9.17) is 11.6 Å². The highest BCUT2D eigenvalue weighted by molar-refractivity contribution is 7.17. The molecule has 3 rings (SSSR count). The second-order valence-corrected chi connectivity index (χ2v) is 6.68. The van der Waals surface area contributed by atoms with Gasteiger partial charge in [-0.3, -0.25) is 4.79 Å². The van der Waals surface area contributed by atoms with Crippen molar-refractivity contribution in [3.8, 4) is 0 Å². The summed E-state index contributed by atoms with van der Waals surface area (Å²) in [4.78, 5) is 25.1. The Morgan fingerprint density at radius 1 is 1.26 bits per heavy atom. The third-order valence-corrected chi connectivity index (χ3v) is 5.21. The summed E-state index contributed by atoms with van der Waals surface area (Å²) in [5.41, 5.74) is 1.90. The van der Waals surface area contributed by atoms with E-state index in [1.165, 1.54) is 11.3 Å². The molecule has 0 aliphatic heterocycles. The van der Waals surface area contributed by atoms with Crippen LogP contribution < -0.4 is 0 Å². The van der Waals surface area contributed by atoms with Crippen molar-refractivity contribution in [2.75, 3.05) is 0 Å². The molecule has 3 aromatic rings. The van der Waals surface area contributed by atoms with Gasteiger partial charge in [-0.15, -0.1) is 11.3 Å². The zero-order valence-electron chi connectivity index (χ0n) is 12.5. The lowest BCUT2D eigenvalue weighted by atomic mass is 10.1. The van der Waals surface area contributed by atoms with Gasteiger partial charge in [0, 0.05) is 16.0 Å². The molecule has 1 atom stereocenters. The first kappa shape index (κ1) is 15.8. The van der Waals surface area contributed by atoms with Crippen molar-refractivity contribution < 1.29 is 14.7 Å². The Labute approximate surface area is 141 Å². The Morgan fingerprint density at radius 3 is 2.52 bits per heavy atom. The SMILES string of the molecule is Cc1csc2c1cc(C(=O)c1ccc(Cl)cc1)n2C(C)C(=O)O. The number of nitrogens with zero attached hydrogens (tertiary/aromatic N) is 1. The van der Waals surface area contributed by atoms with Gasteiger partial charge in [0.2, 0.25) is 5.78 Å². The molecule has 0 bridgehead atoms. The minimum absolute atomic E-state index is 0.211. The number of aryl methyl sites for hydroxylation is 1. The average molecular weight is 348 g/mol. The number of aliphatic carboxylic acids is 1. The van der Waals surface area contributed by atoms with Crippen LogP contribution in [-0.4, -0.2) is 21.4 Å². The van der Waals surface area contributed by atoms with Crippen molar-refractivity contribution in [1.29, 1.82) is 0 Å². The summed E-state index contributed by atoms with van der Waals surface area (Å²) in [7, 11) is 0. The first-order valence-corrected chi connectivity index (χ1v) is 8.28. The van der Waals surface area contributed by atoms with Gasteiger partial charge in [0.05, 0.1) is 5.69 Å². The molecule has 0 saturated carbocycles. The molecule has 1 N–H and O–H groups in total. The molecule has 2 heterocycles. The molecule has 0 spiro atoms. The number of thiophene rings is 1. The number of aromatic nitrogens is 1. The molecular formula is C17H14ClNO3S. The predicted octanol–water partition coefficient (Wildman–Crippen LogP) is 4.54. The van der Waals surface area contributed by atoms with Crippen LogP contribution in [0.4, 0.5) is 0 Å². The zero-order valence-corrected chi connectivity index (χ0v) is 14.1. The quantitative estimate of drug-likeness (QED) is 0.705. The largest absolute Gasteiger partial charge is 0.480 e. The van der Waals surface area contributed by atoms with E-state index < -0.39 is 12.0 Å². The number of carboxylic acids is 1. The minimum Gasteiger partial charge on any atom is -0.480 e. The minimum atomic E-state index is -0.973. The van der Waals surface area contributed by atoms with Crippen molar-refractivity contribution in [1.82, 2.24) is 4.57 Å². The van der Waals surface area contributed by atoms with Crippen LogP contribution in [0, 0.1) is 6.92 Å². The average Bonchev–Trinajstić information content (AvgIpc) is 3.06. The van der Waals surface area contributed by atoms with E-state index in [-0.39, 0.29) is 5.78 Å². The molecule has 0 aliphatic carbocycles. The third kappa shape index (κ3) is 2.66. The maximum Gasteiger partial charge on any atom is 0.326 e. The molecule has 0 amide bonds. The number of rotatable bonds is 4. The van der Waals surface area contributed by atoms with Gasteiger partial charge in [-0.2, -0.15) is 0 Å². The number of hydrogen-bond donors (Lipinski definition) is 1. The lowest BCUT2D eigenvalue weighted by Gasteiger charge is -2.13. The van der Waals surface area contributed by atoms with Gasteiger partial charge >= 0.3 is 5.97 Å². The molecule has 2 aromatic heterocycles. The third-order valence-electron chi connectivity index (χ3n) is 3.85. The fraction of sp³-hybridized carbons (Fsp3) is 0.176. The lowest BCUT2D eigenvalue weighted by Crippen LogP contribution is -2.20. The van der Waals surface area contributed by atoms with Crippen molar-refractivity contribution in [2.24, 2.45) is 0 Å². The number of carbonyl (C=O) groups is 2. The summed E-state index contributed by atoms with van der Waals surface area (Å²) in [6, 6.07) is 7.55. The summed E-state index contributed by atoms with van der Waals surface area (Å²) in [6.45, 7) is 3.53. The fourth-order valence-electron chi connectivity index (χ4n) is 2.54. The first-order chi connectivity index (χ1) is 10.9. The van der Waals surface area contributed by atoms with Crippen LogP contribution in [0.15, 0.2) is 35.7 Å². The van der Waals surface area contributed by atoms with Crippen LogP contribution in [0.25, 0.3) is 10.2 Å². The number of hydrogen-bond acceptors (Lipinski definition) is 3. The van der Waals surface area contributed by atoms with Gasteiger partial charge < -0.3 is 9.67 Å². The van der Waals surface area contributed by atoms with Gasteiger partial charge in [0.25, 0.3) is 0 Å². The highest BCUT2D eigenvalue weighted by Gasteiger charge is 2.25. The molecule has 1 unspecified atom stereocenters. The van der Waals surface area contributed by atoms with E-state index in [0.717, 1.165) is 15.8 Å². The Balaban J connectivity index is 2.19. The Morgan fingerprint density at radius 2 is 1.91 bits per heavy atom. The molecule has 0 aliphatic rings. The van der Waals surface area contributed by atoms with E-state index in [9.17, 15) is 14.7 Å². The predicted molar refractivity (Wildman–Crippen MR) is 91.8 cm³/mol. The number of carbonyl (C=O) groups excluding carboxylic acids is 1. The van der Waals surface area contributed by atoms with Gasteiger partial charge in [0.1, 0.15) is 10.9 Å². The second kappa shape index (κ2) is 5.83. The van der Waals surface area contributed by atoms with Crippen molar-refractivity contribution in [2.45, 2.75) is 19.9 Å². The zero-order chi connectivity index (χ0) is 16.7. The summed E-state index contributed by atoms with van der Waals surface area (Å²) < 4.78 is 1.60. The molecule has 0 radical (unpaired) electrons. The van der Waals surface area contributed by atoms with Crippen LogP contribution in [0.2, 0.25) is 5.02 Å². The van der Waals surface area contributed by atoms with Crippen molar-refractivity contribution in [3.05, 3.63) is 57.6 Å². The molecule has 23 heavy (non-hydrogen) atoms. The maximum atomic E-state index is 12.8. The summed E-state index contributed by atoms with van der Waals surface area (Å²) in [5, 5.41) is 12.8. The Kier molecular flexibility index (Phi) is 4.00. The topological polar surface area (TPSA) is 59.3 Å². The Hall–Kier alpha value is -2.11. The Bertz CT molecular complexity index is 908. The molecule has 4 nitrogen and oxygen atoms in total. The van der Waals surface area contributed by atoms with Crippen LogP contribution in [0.5, 0.6) is 0 Å². The second-order valence-electron chi connectivity index (χ2n) is 5.39. The van der Waals surface area contributed by atoms with Gasteiger partial charge in [0.15, 0.2) is 0 Å². The highest BCUT2D eigenvalue weighted by Crippen LogP contribution is 2.33. The van der Waals surface area contributed by atoms with E-state index in [2.05, 4.69) is 0 Å². The van der Waals surface area contributed by atoms with Crippen LogP contribution >= 0.6 is 22.9 Å². The number of fused-ring (bicyclic) bond motifs is 1. The number of ketones is 1. The number of halogens is 1. The van der Waals surface area contributed by atoms with Crippen LogP contribution in [-0.2, 0) is 4.79 Å². The molecule has 1 aromatic carbocycles. The molecule has 0 fully saturated rings. The smallest absolute Gasteiger partial charge is 0.326 e. The first-order valence-electron chi connectivity index (χ1n) is 7.02. The van der Waals surface area contributed by atoms with E-state index >= 15 is 0 Å². The summed E-state index contributed by atoms with van der Waals surface area (Å²) >= 11 is 7.31. The molecular weight excluding hydrogens is 334 g/mol. The summed E-state index contributed by atoms with van der Waals surface area (Å²) in [6.07, 6.45) is 0. The lowest BCUT2D eigenvalue weighted by molar-refractivity contribution is -0.140. The van der Waals surface area contributed by atoms with Gasteiger partial charge in [-0.25, -0.2) is 4.79 Å². The van der Waals surface area contributed by atoms with E-state index in [1.54, 1.807) is 41.8 Å². The number of carboxylic acid groups (broad SMARTS) is 1. The van der Waals surface area contributed by atoms with Gasteiger partial charge in [-0.05, 0) is 55.1 Å². The van der Waals surface area contributed by atoms with Gasteiger partial charge in [-0.1, -0.05) is 11.6 Å². The molecule has 6 heteroatoms. The standard InChI is InChI=1S/C17H14ClNO3S/c1-9-8-23-16-13(9)7-14(19(16)10(2)17(21)22)15(20)11-3-5-12(18)6-4-11/h3-8,10H,1-2H3,(H,21,22). The fourth-order valence-corrected chi connectivity index (χ4v) is 3.79. The van der Waals surface area contributed by atoms with E-state index in [0.29, 0.717) is 16.3 Å². The summed E-state index contributed by atoms with van der Waals surface area (Å²) in [5.74, 6) is -1.18. The van der Waals surface area contributed by atoms with Crippen molar-refractivity contribution in [3.63, 3.8) is 0 Å². The monoisotopic (exact) mass is 347 g/mol. The highest BCUT2D eigenvalue weighted by atomic mass is 35.5. The maximum absolute atomic E-state index is 12.8. The normalized spacial score (nSPS) is 12.5. The van der Waals surface area contributed by atoms with Crippen molar-refractivity contribution >= 4 is 44.9 Å². The van der Waals surface area contributed by atoms with E-state index in [1.807, 2.05) is 12.3 Å². The molecule has 118 valence electrons. The van der Waals surface area contributed by atoms with Crippen LogP contribution in [0.1, 0.15) is 34.6 Å².